The summed E-state index contributed by atoms with van der Waals surface area (Å²) in [6.45, 7) is 1.66. The van der Waals surface area contributed by atoms with Crippen LogP contribution >= 0.6 is 11.6 Å². The second-order valence-electron chi connectivity index (χ2n) is 6.25. The van der Waals surface area contributed by atoms with Gasteiger partial charge in [-0.2, -0.15) is 0 Å². The minimum atomic E-state index is -0.555. The molecule has 0 spiro atoms. The number of amides is 1. The van der Waals surface area contributed by atoms with Crippen molar-refractivity contribution in [3.63, 3.8) is 0 Å². The zero-order chi connectivity index (χ0) is 16.7. The van der Waals surface area contributed by atoms with Crippen LogP contribution in [0.4, 0.5) is 4.79 Å². The Bertz CT molecular complexity index is 541. The van der Waals surface area contributed by atoms with Gasteiger partial charge in [-0.25, -0.2) is 4.79 Å². The van der Waals surface area contributed by atoms with Crippen LogP contribution in [0.15, 0.2) is 24.3 Å². The van der Waals surface area contributed by atoms with Crippen LogP contribution in [-0.2, 0) is 16.1 Å². The summed E-state index contributed by atoms with van der Waals surface area (Å²) in [5, 5.41) is 3.31. The summed E-state index contributed by atoms with van der Waals surface area (Å²) in [4.78, 5) is 23.7. The molecule has 1 fully saturated rings. The maximum Gasteiger partial charge on any atom is 0.408 e. The van der Waals surface area contributed by atoms with E-state index in [1.165, 1.54) is 26.2 Å². The van der Waals surface area contributed by atoms with Gasteiger partial charge in [0.1, 0.15) is 6.61 Å². The molecule has 0 bridgehead atoms. The predicted octanol–water partition coefficient (Wildman–Crippen LogP) is 4.49. The highest BCUT2D eigenvalue weighted by molar-refractivity contribution is 6.30. The second-order valence-corrected chi connectivity index (χ2v) is 6.69. The highest BCUT2D eigenvalue weighted by atomic mass is 35.5. The number of carbonyl (C=O) groups excluding carboxylic acids is 2. The van der Waals surface area contributed by atoms with Crippen molar-refractivity contribution < 1.29 is 14.3 Å². The fourth-order valence-electron chi connectivity index (χ4n) is 3.04. The van der Waals surface area contributed by atoms with Gasteiger partial charge in [0.05, 0.1) is 6.04 Å². The number of Topliss-reactive ketones (excluding diaryl/α,β-unsaturated/α-hetero) is 1. The van der Waals surface area contributed by atoms with Gasteiger partial charge in [0.15, 0.2) is 5.78 Å². The maximum atomic E-state index is 11.9. The summed E-state index contributed by atoms with van der Waals surface area (Å²) >= 11 is 5.89. The Morgan fingerprint density at radius 1 is 1.30 bits per heavy atom. The molecule has 1 aliphatic carbocycles. The van der Waals surface area contributed by atoms with Crippen LogP contribution < -0.4 is 5.32 Å². The predicted molar refractivity (Wildman–Crippen MR) is 90.4 cm³/mol. The Morgan fingerprint density at radius 3 is 2.70 bits per heavy atom. The lowest BCUT2D eigenvalue weighted by Gasteiger charge is -2.25. The van der Waals surface area contributed by atoms with Crippen molar-refractivity contribution in [2.24, 2.45) is 5.92 Å². The minimum Gasteiger partial charge on any atom is -0.445 e. The first-order valence-corrected chi connectivity index (χ1v) is 8.60. The van der Waals surface area contributed by atoms with E-state index in [1.807, 2.05) is 6.07 Å². The Labute approximate surface area is 142 Å². The summed E-state index contributed by atoms with van der Waals surface area (Å²) in [6, 6.07) is 6.70. The molecule has 0 aliphatic heterocycles. The Kier molecular flexibility index (Phi) is 6.90. The third kappa shape index (κ3) is 6.22. The first-order valence-electron chi connectivity index (χ1n) is 8.23. The highest BCUT2D eigenvalue weighted by Gasteiger charge is 2.23. The van der Waals surface area contributed by atoms with Gasteiger partial charge < -0.3 is 10.1 Å². The van der Waals surface area contributed by atoms with E-state index in [4.69, 9.17) is 16.3 Å². The zero-order valence-corrected chi connectivity index (χ0v) is 14.3. The molecular weight excluding hydrogens is 314 g/mol. The molecule has 126 valence electrons. The molecule has 0 saturated heterocycles. The molecule has 0 unspecified atom stereocenters. The molecule has 0 heterocycles. The zero-order valence-electron chi connectivity index (χ0n) is 13.5. The lowest BCUT2D eigenvalue weighted by atomic mass is 9.84. The fraction of sp³-hybridized carbons (Fsp3) is 0.556. The van der Waals surface area contributed by atoms with Crippen molar-refractivity contribution in [3.8, 4) is 0 Å². The third-order valence-electron chi connectivity index (χ3n) is 4.34. The average Bonchev–Trinajstić information content (AvgIpc) is 2.53. The van der Waals surface area contributed by atoms with Crippen molar-refractivity contribution in [3.05, 3.63) is 34.9 Å². The van der Waals surface area contributed by atoms with Crippen LogP contribution in [0.3, 0.4) is 0 Å². The molecule has 1 N–H and O–H groups in total. The summed E-state index contributed by atoms with van der Waals surface area (Å²) in [5.41, 5.74) is 0.819. The van der Waals surface area contributed by atoms with Crippen LogP contribution in [0.2, 0.25) is 5.02 Å². The van der Waals surface area contributed by atoms with Gasteiger partial charge in [-0.15, -0.1) is 0 Å². The van der Waals surface area contributed by atoms with Crippen molar-refractivity contribution in [2.75, 3.05) is 0 Å². The van der Waals surface area contributed by atoms with E-state index in [1.54, 1.807) is 18.2 Å². The molecule has 0 aromatic heterocycles. The Balaban J connectivity index is 1.81. The number of ether oxygens (including phenoxy) is 1. The van der Waals surface area contributed by atoms with Gasteiger partial charge in [0.2, 0.25) is 0 Å². The molecule has 4 nitrogen and oxygen atoms in total. The summed E-state index contributed by atoms with van der Waals surface area (Å²) in [7, 11) is 0. The van der Waals surface area contributed by atoms with Gasteiger partial charge in [0.25, 0.3) is 0 Å². The van der Waals surface area contributed by atoms with Crippen LogP contribution in [-0.4, -0.2) is 17.9 Å². The maximum absolute atomic E-state index is 11.9. The molecule has 1 saturated carbocycles. The number of rotatable bonds is 6. The number of hydrogen-bond acceptors (Lipinski definition) is 3. The lowest BCUT2D eigenvalue weighted by molar-refractivity contribution is -0.119. The molecule has 0 radical (unpaired) electrons. The smallest absolute Gasteiger partial charge is 0.408 e. The van der Waals surface area contributed by atoms with Crippen LogP contribution in [0.25, 0.3) is 0 Å². The van der Waals surface area contributed by atoms with Gasteiger partial charge in [-0.3, -0.25) is 4.79 Å². The van der Waals surface area contributed by atoms with Crippen molar-refractivity contribution in [2.45, 2.75) is 58.1 Å². The first-order chi connectivity index (χ1) is 11.0. The number of hydrogen-bond donors (Lipinski definition) is 1. The Hall–Kier alpha value is -1.55. The molecule has 1 amide bonds. The quantitative estimate of drug-likeness (QED) is 0.831. The largest absolute Gasteiger partial charge is 0.445 e. The van der Waals surface area contributed by atoms with Crippen LogP contribution in [0, 0.1) is 5.92 Å². The summed E-state index contributed by atoms with van der Waals surface area (Å²) < 4.78 is 5.19. The lowest BCUT2D eigenvalue weighted by Crippen LogP contribution is -2.41. The molecule has 23 heavy (non-hydrogen) atoms. The fourth-order valence-corrected chi connectivity index (χ4v) is 3.26. The van der Waals surface area contributed by atoms with Crippen LogP contribution in [0.1, 0.15) is 51.0 Å². The summed E-state index contributed by atoms with van der Waals surface area (Å²) in [5.74, 6) is 0.501. The summed E-state index contributed by atoms with van der Waals surface area (Å²) in [6.07, 6.45) is 6.15. The van der Waals surface area contributed by atoms with E-state index < -0.39 is 12.1 Å². The van der Waals surface area contributed by atoms with Gasteiger partial charge in [-0.05, 0) is 37.0 Å². The molecule has 2 rings (SSSR count). The molecule has 5 heteroatoms. The van der Waals surface area contributed by atoms with Crippen molar-refractivity contribution in [1.29, 1.82) is 0 Å². The number of nitrogens with one attached hydrogen (secondary N) is 1. The van der Waals surface area contributed by atoms with Gasteiger partial charge >= 0.3 is 6.09 Å². The Morgan fingerprint density at radius 2 is 2.04 bits per heavy atom. The minimum absolute atomic E-state index is 0.0183. The first kappa shape index (κ1) is 17.8. The number of benzene rings is 1. The topological polar surface area (TPSA) is 55.4 Å². The average molecular weight is 338 g/mol. The standard InChI is InChI=1S/C18H24ClNO3/c1-13(21)17(11-14-6-3-2-4-7-14)20-18(22)23-12-15-8-5-9-16(19)10-15/h5,8-10,14,17H,2-4,6-7,11-12H2,1H3,(H,20,22)/t17-/m0/s1. The molecule has 1 aromatic rings. The van der Waals surface area contributed by atoms with E-state index >= 15 is 0 Å². The van der Waals surface area contributed by atoms with E-state index in [-0.39, 0.29) is 12.4 Å². The number of alkyl carbamates (subject to hydrolysis) is 1. The van der Waals surface area contributed by atoms with Crippen molar-refractivity contribution >= 4 is 23.5 Å². The molecular formula is C18H24ClNO3. The molecule has 1 atom stereocenters. The highest BCUT2D eigenvalue weighted by Crippen LogP contribution is 2.27. The van der Waals surface area contributed by atoms with Crippen molar-refractivity contribution in [1.82, 2.24) is 5.32 Å². The van der Waals surface area contributed by atoms with E-state index in [0.717, 1.165) is 18.4 Å². The van der Waals surface area contributed by atoms with Gasteiger partial charge in [-0.1, -0.05) is 55.8 Å². The molecule has 1 aromatic carbocycles. The SMILES string of the molecule is CC(=O)[C@H](CC1CCCCC1)NC(=O)OCc1cccc(Cl)c1. The van der Waals surface area contributed by atoms with Crippen LogP contribution in [0.5, 0.6) is 0 Å². The third-order valence-corrected chi connectivity index (χ3v) is 4.57. The van der Waals surface area contributed by atoms with Gasteiger partial charge in [0, 0.05) is 5.02 Å². The normalized spacial score (nSPS) is 16.6. The number of halogens is 1. The monoisotopic (exact) mass is 337 g/mol. The second kappa shape index (κ2) is 8.92. The van der Waals surface area contributed by atoms with E-state index in [9.17, 15) is 9.59 Å². The number of carbonyl (C=O) groups is 2. The van der Waals surface area contributed by atoms with E-state index in [0.29, 0.717) is 17.4 Å². The molecule has 1 aliphatic rings. The van der Waals surface area contributed by atoms with E-state index in [2.05, 4.69) is 5.32 Å². The number of ketones is 1.